The fourth-order valence-electron chi connectivity index (χ4n) is 5.44. The van der Waals surface area contributed by atoms with E-state index in [1.165, 1.54) is 31.2 Å². The van der Waals surface area contributed by atoms with Crippen LogP contribution in [0.4, 0.5) is 5.69 Å². The maximum atomic E-state index is 13.1. The van der Waals surface area contributed by atoms with Gasteiger partial charge in [-0.2, -0.15) is 0 Å². The molecule has 0 bridgehead atoms. The van der Waals surface area contributed by atoms with Gasteiger partial charge in [-0.3, -0.25) is 9.59 Å². The fraction of sp³-hybridized carbons (Fsp3) is 0.325. The third-order valence-electron chi connectivity index (χ3n) is 8.07. The van der Waals surface area contributed by atoms with Crippen LogP contribution in [0, 0.1) is 0 Å². The number of carbonyl (C=O) groups is 3. The fourth-order valence-corrected chi connectivity index (χ4v) is 5.44. The van der Waals surface area contributed by atoms with E-state index in [1.807, 2.05) is 30.3 Å². The number of nitrogens with one attached hydrogen (secondary N) is 2. The zero-order valence-corrected chi connectivity index (χ0v) is 27.0. The van der Waals surface area contributed by atoms with Gasteiger partial charge in [0.05, 0.1) is 6.61 Å². The Morgan fingerprint density at radius 2 is 1.30 bits per heavy atom. The molecular formula is C40H46N2O5. The average Bonchev–Trinajstić information content (AvgIpc) is 3.10. The number of unbranched alkanes of at least 4 members (excludes halogenated alkanes) is 5. The normalized spacial score (nSPS) is 11.4. The van der Waals surface area contributed by atoms with Crippen LogP contribution >= 0.6 is 0 Å². The highest BCUT2D eigenvalue weighted by Crippen LogP contribution is 2.22. The van der Waals surface area contributed by atoms with Crippen LogP contribution < -0.4 is 15.4 Å². The van der Waals surface area contributed by atoms with Crippen LogP contribution in [0.3, 0.4) is 0 Å². The molecule has 0 fully saturated rings. The Hall–Kier alpha value is -4.91. The van der Waals surface area contributed by atoms with Crippen molar-refractivity contribution >= 4 is 23.3 Å². The summed E-state index contributed by atoms with van der Waals surface area (Å²) in [5.41, 5.74) is 3.67. The SMILES string of the molecule is O=C(CCCCCCCCc1ccccc1)NCCCOc1ccc(C[C@H](Nc2ccccc2C(=O)c2ccccc2)C(=O)O)cc1. The molecular weight excluding hydrogens is 588 g/mol. The quantitative estimate of drug-likeness (QED) is 0.0636. The van der Waals surface area contributed by atoms with E-state index < -0.39 is 12.0 Å². The van der Waals surface area contributed by atoms with Gasteiger partial charge in [0, 0.05) is 36.2 Å². The number of rotatable bonds is 21. The highest BCUT2D eigenvalue weighted by molar-refractivity contribution is 6.12. The van der Waals surface area contributed by atoms with E-state index >= 15 is 0 Å². The molecule has 4 rings (SSSR count). The van der Waals surface area contributed by atoms with Gasteiger partial charge in [0.15, 0.2) is 5.78 Å². The zero-order chi connectivity index (χ0) is 33.1. The molecule has 0 heterocycles. The summed E-state index contributed by atoms with van der Waals surface area (Å²) in [5, 5.41) is 16.0. The number of carbonyl (C=O) groups excluding carboxylic acids is 2. The maximum Gasteiger partial charge on any atom is 0.326 e. The first kappa shape index (κ1) is 35.0. The molecule has 47 heavy (non-hydrogen) atoms. The van der Waals surface area contributed by atoms with Crippen molar-refractivity contribution in [1.29, 1.82) is 0 Å². The topological polar surface area (TPSA) is 105 Å². The van der Waals surface area contributed by atoms with Gasteiger partial charge in [0.2, 0.25) is 5.91 Å². The standard InChI is InChI=1S/C40H46N2O5/c43-38(23-12-4-2-1-3-7-16-31-17-8-5-9-18-31)41-28-15-29-47-34-26-24-32(25-27-34)30-37(40(45)46)42-36-22-14-13-21-35(36)39(44)33-19-10-6-11-20-33/h5-6,8-11,13-14,17-22,24-27,37,42H,1-4,7,12,15-16,23,28-30H2,(H,41,43)(H,45,46)/t37-/m0/s1. The minimum absolute atomic E-state index is 0.0899. The van der Waals surface area contributed by atoms with Crippen molar-refractivity contribution in [2.24, 2.45) is 0 Å². The molecule has 0 unspecified atom stereocenters. The number of hydrogen-bond donors (Lipinski definition) is 3. The molecule has 246 valence electrons. The second-order valence-corrected chi connectivity index (χ2v) is 11.8. The predicted octanol–water partition coefficient (Wildman–Crippen LogP) is 7.88. The summed E-state index contributed by atoms with van der Waals surface area (Å²) in [6.07, 6.45) is 9.47. The number of carboxylic acid groups (broad SMARTS) is 1. The van der Waals surface area contributed by atoms with Crippen molar-refractivity contribution in [2.75, 3.05) is 18.5 Å². The van der Waals surface area contributed by atoms with Crippen LogP contribution in [0.15, 0.2) is 109 Å². The predicted molar refractivity (Wildman–Crippen MR) is 187 cm³/mol. The van der Waals surface area contributed by atoms with Crippen LogP contribution in [-0.4, -0.2) is 42.0 Å². The first-order valence-electron chi connectivity index (χ1n) is 16.7. The molecule has 3 N–H and O–H groups in total. The van der Waals surface area contributed by atoms with E-state index in [4.69, 9.17) is 4.74 Å². The molecule has 4 aromatic rings. The van der Waals surface area contributed by atoms with Gasteiger partial charge in [-0.1, -0.05) is 111 Å². The summed E-state index contributed by atoms with van der Waals surface area (Å²) < 4.78 is 5.83. The average molecular weight is 635 g/mol. The van der Waals surface area contributed by atoms with Gasteiger partial charge in [0.1, 0.15) is 11.8 Å². The number of anilines is 1. The van der Waals surface area contributed by atoms with Crippen LogP contribution in [0.25, 0.3) is 0 Å². The summed E-state index contributed by atoms with van der Waals surface area (Å²) >= 11 is 0. The van der Waals surface area contributed by atoms with E-state index in [-0.39, 0.29) is 18.1 Å². The van der Waals surface area contributed by atoms with Crippen molar-refractivity contribution < 1.29 is 24.2 Å². The lowest BCUT2D eigenvalue weighted by atomic mass is 10.00. The molecule has 1 atom stereocenters. The maximum absolute atomic E-state index is 13.1. The van der Waals surface area contributed by atoms with Crippen molar-refractivity contribution in [3.05, 3.63) is 131 Å². The minimum Gasteiger partial charge on any atom is -0.494 e. The van der Waals surface area contributed by atoms with Crippen LogP contribution in [0.2, 0.25) is 0 Å². The number of ketones is 1. The lowest BCUT2D eigenvalue weighted by molar-refractivity contribution is -0.137. The van der Waals surface area contributed by atoms with Gasteiger partial charge in [0.25, 0.3) is 0 Å². The molecule has 0 aliphatic carbocycles. The van der Waals surface area contributed by atoms with Crippen LogP contribution in [0.1, 0.15) is 78.4 Å². The summed E-state index contributed by atoms with van der Waals surface area (Å²) in [6, 6.07) is 32.9. The van der Waals surface area contributed by atoms with Crippen molar-refractivity contribution in [2.45, 2.75) is 70.3 Å². The molecule has 0 saturated carbocycles. The molecule has 1 amide bonds. The molecule has 0 aromatic heterocycles. The van der Waals surface area contributed by atoms with Crippen LogP contribution in [0.5, 0.6) is 5.75 Å². The van der Waals surface area contributed by atoms with Gasteiger partial charge >= 0.3 is 5.97 Å². The van der Waals surface area contributed by atoms with Gasteiger partial charge in [-0.25, -0.2) is 4.79 Å². The summed E-state index contributed by atoms with van der Waals surface area (Å²) in [5.74, 6) is -0.409. The van der Waals surface area contributed by atoms with Gasteiger partial charge < -0.3 is 20.5 Å². The summed E-state index contributed by atoms with van der Waals surface area (Å²) in [4.78, 5) is 37.4. The van der Waals surface area contributed by atoms with E-state index in [9.17, 15) is 19.5 Å². The van der Waals surface area contributed by atoms with Crippen molar-refractivity contribution in [3.8, 4) is 5.75 Å². The Morgan fingerprint density at radius 1 is 0.660 bits per heavy atom. The Balaban J connectivity index is 1.10. The highest BCUT2D eigenvalue weighted by Gasteiger charge is 2.21. The second-order valence-electron chi connectivity index (χ2n) is 11.8. The third-order valence-corrected chi connectivity index (χ3v) is 8.07. The van der Waals surface area contributed by atoms with E-state index in [1.54, 1.807) is 48.5 Å². The smallest absolute Gasteiger partial charge is 0.326 e. The third kappa shape index (κ3) is 12.4. The summed E-state index contributed by atoms with van der Waals surface area (Å²) in [6.45, 7) is 1.03. The molecule has 0 radical (unpaired) electrons. The number of aryl methyl sites for hydroxylation is 1. The lowest BCUT2D eigenvalue weighted by Crippen LogP contribution is -2.32. The molecule has 0 saturated heterocycles. The zero-order valence-electron chi connectivity index (χ0n) is 27.0. The van der Waals surface area contributed by atoms with Crippen LogP contribution in [-0.2, 0) is 22.4 Å². The summed E-state index contributed by atoms with van der Waals surface area (Å²) in [7, 11) is 0. The number of ether oxygens (including phenoxy) is 1. The molecule has 7 nitrogen and oxygen atoms in total. The largest absolute Gasteiger partial charge is 0.494 e. The molecule has 7 heteroatoms. The second kappa shape index (κ2) is 19.6. The first-order valence-corrected chi connectivity index (χ1v) is 16.7. The van der Waals surface area contributed by atoms with Gasteiger partial charge in [-0.05, 0) is 61.1 Å². The number of aliphatic carboxylic acids is 1. The highest BCUT2D eigenvalue weighted by atomic mass is 16.5. The number of carboxylic acids is 1. The first-order chi connectivity index (χ1) is 23.0. The minimum atomic E-state index is -1.01. The van der Waals surface area contributed by atoms with E-state index in [2.05, 4.69) is 41.0 Å². The Bertz CT molecular complexity index is 1520. The van der Waals surface area contributed by atoms with Crippen molar-refractivity contribution in [1.82, 2.24) is 5.32 Å². The molecule has 0 aliphatic rings. The number of hydrogen-bond acceptors (Lipinski definition) is 5. The molecule has 4 aromatic carbocycles. The number of amides is 1. The molecule has 0 spiro atoms. The number of benzene rings is 4. The lowest BCUT2D eigenvalue weighted by Gasteiger charge is -2.18. The Morgan fingerprint density at radius 3 is 2.02 bits per heavy atom. The number of para-hydroxylation sites is 1. The molecule has 0 aliphatic heterocycles. The van der Waals surface area contributed by atoms with E-state index in [0.717, 1.165) is 24.8 Å². The van der Waals surface area contributed by atoms with Crippen molar-refractivity contribution in [3.63, 3.8) is 0 Å². The Kier molecular flexibility index (Phi) is 14.6. The Labute approximate surface area is 278 Å². The van der Waals surface area contributed by atoms with Gasteiger partial charge in [-0.15, -0.1) is 0 Å². The van der Waals surface area contributed by atoms with E-state index in [0.29, 0.717) is 48.6 Å². The monoisotopic (exact) mass is 634 g/mol.